The van der Waals surface area contributed by atoms with Crippen molar-refractivity contribution in [3.05, 3.63) is 0 Å². The van der Waals surface area contributed by atoms with E-state index < -0.39 is 18.6 Å². The highest BCUT2D eigenvalue weighted by atomic mass is 19.4. The molecule has 0 unspecified atom stereocenters. The molecule has 0 amide bonds. The molecule has 0 aromatic rings. The average Bonchev–Trinajstić information content (AvgIpc) is 1.85. The van der Waals surface area contributed by atoms with Crippen molar-refractivity contribution in [1.29, 1.82) is 0 Å². The third kappa shape index (κ3) is 18.1. The van der Waals surface area contributed by atoms with E-state index >= 15 is 0 Å². The van der Waals surface area contributed by atoms with Gasteiger partial charge in [0.1, 0.15) is 6.29 Å². The van der Waals surface area contributed by atoms with Gasteiger partial charge in [0.05, 0.1) is 12.3 Å². The molecule has 0 atom stereocenters. The molecular formula is C7H11F3O3. The maximum Gasteiger partial charge on any atom is 0.395 e. The van der Waals surface area contributed by atoms with Gasteiger partial charge in [0.15, 0.2) is 0 Å². The Bertz CT molecular complexity index is 163. The predicted molar refractivity (Wildman–Crippen MR) is 39.2 cm³/mol. The molecule has 3 nitrogen and oxygen atoms in total. The Labute approximate surface area is 73.5 Å². The van der Waals surface area contributed by atoms with Crippen LogP contribution in [0.15, 0.2) is 0 Å². The Morgan fingerprint density at radius 3 is 1.77 bits per heavy atom. The van der Waals surface area contributed by atoms with Crippen LogP contribution in [0.5, 0.6) is 0 Å². The van der Waals surface area contributed by atoms with E-state index in [4.69, 9.17) is 9.90 Å². The van der Waals surface area contributed by atoms with E-state index in [9.17, 15) is 18.0 Å². The van der Waals surface area contributed by atoms with Crippen LogP contribution in [0.4, 0.5) is 13.2 Å². The van der Waals surface area contributed by atoms with E-state index in [0.29, 0.717) is 0 Å². The molecule has 0 radical (unpaired) electrons. The van der Waals surface area contributed by atoms with E-state index in [0.717, 1.165) is 0 Å². The number of halogens is 3. The van der Waals surface area contributed by atoms with Crippen molar-refractivity contribution in [3.63, 3.8) is 0 Å². The molecule has 0 spiro atoms. The van der Waals surface area contributed by atoms with Gasteiger partial charge in [-0.1, -0.05) is 13.8 Å². The molecule has 0 bridgehead atoms. The summed E-state index contributed by atoms with van der Waals surface area (Å²) in [6.45, 7) is 3.28. The normalized spacial score (nSPS) is 10.3. The lowest BCUT2D eigenvalue weighted by Gasteiger charge is -1.95. The smallest absolute Gasteiger partial charge is 0.395 e. The van der Waals surface area contributed by atoms with Crippen LogP contribution in [-0.2, 0) is 9.59 Å². The highest BCUT2D eigenvalue weighted by Crippen LogP contribution is 2.16. The highest BCUT2D eigenvalue weighted by Gasteiger charge is 2.25. The van der Waals surface area contributed by atoms with Gasteiger partial charge in [0.25, 0.3) is 0 Å². The first-order chi connectivity index (χ1) is 5.70. The fraction of sp³-hybridized carbons (Fsp3) is 0.714. The number of hydrogen-bond donors (Lipinski definition) is 1. The molecule has 0 aliphatic rings. The average molecular weight is 200 g/mol. The quantitative estimate of drug-likeness (QED) is 0.692. The van der Waals surface area contributed by atoms with Gasteiger partial charge < -0.3 is 9.90 Å². The first-order valence-corrected chi connectivity index (χ1v) is 3.44. The summed E-state index contributed by atoms with van der Waals surface area (Å²) in [6, 6.07) is 0. The van der Waals surface area contributed by atoms with Gasteiger partial charge in [-0.2, -0.15) is 13.2 Å². The van der Waals surface area contributed by atoms with Crippen molar-refractivity contribution >= 4 is 12.3 Å². The van der Waals surface area contributed by atoms with Gasteiger partial charge in [-0.05, 0) is 0 Å². The van der Waals surface area contributed by atoms with Gasteiger partial charge in [0, 0.05) is 0 Å². The lowest BCUT2D eigenvalue weighted by Crippen LogP contribution is -2.06. The van der Waals surface area contributed by atoms with Crippen LogP contribution in [0.25, 0.3) is 0 Å². The molecule has 78 valence electrons. The topological polar surface area (TPSA) is 54.4 Å². The van der Waals surface area contributed by atoms with E-state index in [1.54, 1.807) is 13.8 Å². The van der Waals surface area contributed by atoms with E-state index in [1.807, 2.05) is 0 Å². The molecule has 0 saturated heterocycles. The van der Waals surface area contributed by atoms with E-state index in [-0.39, 0.29) is 12.2 Å². The summed E-state index contributed by atoms with van der Waals surface area (Å²) in [5.41, 5.74) is 0. The molecular weight excluding hydrogens is 189 g/mol. The summed E-state index contributed by atoms with van der Waals surface area (Å²) < 4.78 is 32.5. The van der Waals surface area contributed by atoms with E-state index in [2.05, 4.69) is 0 Å². The maximum absolute atomic E-state index is 10.8. The van der Waals surface area contributed by atoms with Gasteiger partial charge in [-0.15, -0.1) is 0 Å². The first kappa shape index (κ1) is 14.5. The van der Waals surface area contributed by atoms with Crippen LogP contribution in [-0.4, -0.2) is 23.5 Å². The number of hydrogen-bond acceptors (Lipinski definition) is 2. The molecule has 0 aromatic carbocycles. The van der Waals surface area contributed by atoms with Crippen LogP contribution < -0.4 is 0 Å². The number of carbonyl (C=O) groups excluding carboxylic acids is 1. The first-order valence-electron chi connectivity index (χ1n) is 3.44. The number of aldehydes is 1. The molecule has 0 rings (SSSR count). The lowest BCUT2D eigenvalue weighted by molar-refractivity contribution is -0.144. The second-order valence-corrected chi connectivity index (χ2v) is 2.48. The summed E-state index contributed by atoms with van der Waals surface area (Å²) in [5, 5.41) is 7.99. The highest BCUT2D eigenvalue weighted by molar-refractivity contribution is 5.68. The molecule has 0 fully saturated rings. The zero-order valence-electron chi connectivity index (χ0n) is 7.26. The van der Waals surface area contributed by atoms with Crippen molar-refractivity contribution in [2.75, 3.05) is 0 Å². The number of alkyl halides is 3. The van der Waals surface area contributed by atoms with Crippen molar-refractivity contribution in [3.8, 4) is 0 Å². The third-order valence-electron chi connectivity index (χ3n) is 0.809. The SMILES string of the molecule is CC(C)C(=O)O.O=CCC(F)(F)F. The standard InChI is InChI=1S/C4H8O2.C3H3F3O/c1-3(2)4(5)6;4-3(5,6)1-2-7/h3H,1-2H3,(H,5,6);2H,1H2. The maximum atomic E-state index is 10.8. The van der Waals surface area contributed by atoms with Gasteiger partial charge >= 0.3 is 12.1 Å². The number of rotatable bonds is 2. The van der Waals surface area contributed by atoms with Gasteiger partial charge in [-0.25, -0.2) is 0 Å². The minimum Gasteiger partial charge on any atom is -0.481 e. The van der Waals surface area contributed by atoms with Crippen molar-refractivity contribution in [2.24, 2.45) is 5.92 Å². The molecule has 1 N–H and O–H groups in total. The van der Waals surface area contributed by atoms with Crippen LogP contribution in [0.3, 0.4) is 0 Å². The van der Waals surface area contributed by atoms with E-state index in [1.165, 1.54) is 0 Å². The monoisotopic (exact) mass is 200 g/mol. The Morgan fingerprint density at radius 2 is 1.77 bits per heavy atom. The Kier molecular flexibility index (Phi) is 7.17. The van der Waals surface area contributed by atoms with Gasteiger partial charge in [-0.3, -0.25) is 4.79 Å². The Balaban J connectivity index is 0. The third-order valence-corrected chi connectivity index (χ3v) is 0.809. The zero-order valence-corrected chi connectivity index (χ0v) is 7.26. The summed E-state index contributed by atoms with van der Waals surface area (Å²) in [4.78, 5) is 18.8. The molecule has 0 heterocycles. The zero-order chi connectivity index (χ0) is 11.1. The fourth-order valence-electron chi connectivity index (χ4n) is 0.0945. The second kappa shape index (κ2) is 6.45. The number of carbonyl (C=O) groups is 2. The van der Waals surface area contributed by atoms with Crippen LogP contribution in [0, 0.1) is 5.92 Å². The summed E-state index contributed by atoms with van der Waals surface area (Å²) in [5.74, 6) is -0.972. The molecule has 0 saturated carbocycles. The van der Waals surface area contributed by atoms with Crippen LogP contribution in [0.1, 0.15) is 20.3 Å². The predicted octanol–water partition coefficient (Wildman–Crippen LogP) is 1.86. The second-order valence-electron chi connectivity index (χ2n) is 2.48. The number of aliphatic carboxylic acids is 1. The molecule has 0 aliphatic heterocycles. The largest absolute Gasteiger partial charge is 0.481 e. The number of carboxylic acids is 1. The Hall–Kier alpha value is -1.07. The summed E-state index contributed by atoms with van der Waals surface area (Å²) >= 11 is 0. The van der Waals surface area contributed by atoms with Crippen LogP contribution in [0.2, 0.25) is 0 Å². The summed E-state index contributed by atoms with van der Waals surface area (Å²) in [7, 11) is 0. The molecule has 13 heavy (non-hydrogen) atoms. The van der Waals surface area contributed by atoms with Crippen LogP contribution >= 0.6 is 0 Å². The molecule has 0 aromatic heterocycles. The van der Waals surface area contributed by atoms with Crippen molar-refractivity contribution in [1.82, 2.24) is 0 Å². The minimum absolute atomic E-state index is 0.167. The minimum atomic E-state index is -4.32. The summed E-state index contributed by atoms with van der Waals surface area (Å²) in [6.07, 6.45) is -5.82. The van der Waals surface area contributed by atoms with Crippen molar-refractivity contribution < 1.29 is 27.9 Å². The fourth-order valence-corrected chi connectivity index (χ4v) is 0.0945. The van der Waals surface area contributed by atoms with Gasteiger partial charge in [0.2, 0.25) is 0 Å². The molecule has 0 aliphatic carbocycles. The lowest BCUT2D eigenvalue weighted by atomic mass is 10.2. The molecule has 6 heteroatoms. The van der Waals surface area contributed by atoms with Crippen molar-refractivity contribution in [2.45, 2.75) is 26.4 Å². The number of carboxylic acid groups (broad SMARTS) is 1. The Morgan fingerprint density at radius 1 is 1.46 bits per heavy atom.